The number of benzene rings is 2. The molecule has 166 valence electrons. The molecule has 0 aliphatic carbocycles. The highest BCUT2D eigenvalue weighted by molar-refractivity contribution is 5.85. The first-order chi connectivity index (χ1) is 15.9. The van der Waals surface area contributed by atoms with E-state index in [1.807, 2.05) is 29.0 Å². The summed E-state index contributed by atoms with van der Waals surface area (Å²) in [6.45, 7) is 0.711. The van der Waals surface area contributed by atoms with E-state index in [9.17, 15) is 13.2 Å². The lowest BCUT2D eigenvalue weighted by atomic mass is 10.0. The first-order valence-electron chi connectivity index (χ1n) is 10.3. The third kappa shape index (κ3) is 4.09. The van der Waals surface area contributed by atoms with Crippen molar-refractivity contribution in [1.82, 2.24) is 29.5 Å². The smallest absolute Gasteiger partial charge is 0.336 e. The van der Waals surface area contributed by atoms with E-state index in [1.165, 1.54) is 35.6 Å². The molecular weight excluding hydrogens is 429 g/mol. The second-order valence-corrected chi connectivity index (χ2v) is 7.72. The van der Waals surface area contributed by atoms with Gasteiger partial charge in [0.2, 0.25) is 0 Å². The number of imidazole rings is 1. The van der Waals surface area contributed by atoms with Crippen LogP contribution in [0.4, 0.5) is 13.2 Å². The summed E-state index contributed by atoms with van der Waals surface area (Å²) in [5.41, 5.74) is 1.43. The monoisotopic (exact) mass is 448 g/mol. The summed E-state index contributed by atoms with van der Waals surface area (Å²) >= 11 is 0. The number of fused-ring (bicyclic) bond motifs is 1. The lowest BCUT2D eigenvalue weighted by molar-refractivity contribution is -0.143. The molecule has 0 aliphatic heterocycles. The second-order valence-electron chi connectivity index (χ2n) is 7.72. The molecular formula is C24H19F3N6. The molecule has 2 aromatic carbocycles. The van der Waals surface area contributed by atoms with Gasteiger partial charge < -0.3 is 4.57 Å². The third-order valence-corrected chi connectivity index (χ3v) is 5.54. The maximum atomic E-state index is 13.4. The highest BCUT2D eigenvalue weighted by Crippen LogP contribution is 2.36. The molecule has 0 atom stereocenters. The molecule has 0 saturated heterocycles. The van der Waals surface area contributed by atoms with Gasteiger partial charge in [-0.05, 0) is 34.9 Å². The number of hydrogen-bond donors (Lipinski definition) is 0. The third-order valence-electron chi connectivity index (χ3n) is 5.54. The van der Waals surface area contributed by atoms with Crippen molar-refractivity contribution in [3.63, 3.8) is 0 Å². The van der Waals surface area contributed by atoms with Crippen LogP contribution >= 0.6 is 0 Å². The zero-order valence-electron chi connectivity index (χ0n) is 17.7. The Morgan fingerprint density at radius 2 is 1.76 bits per heavy atom. The Labute approximate surface area is 187 Å². The molecule has 5 rings (SSSR count). The molecule has 0 fully saturated rings. The van der Waals surface area contributed by atoms with E-state index in [0.29, 0.717) is 17.9 Å². The molecule has 0 amide bonds. The van der Waals surface area contributed by atoms with Crippen LogP contribution in [-0.2, 0) is 26.2 Å². The number of rotatable bonds is 5. The van der Waals surface area contributed by atoms with E-state index in [4.69, 9.17) is 0 Å². The van der Waals surface area contributed by atoms with Crippen LogP contribution in [0.15, 0.2) is 73.3 Å². The van der Waals surface area contributed by atoms with Crippen LogP contribution in [0.1, 0.15) is 11.3 Å². The van der Waals surface area contributed by atoms with Crippen LogP contribution in [0.25, 0.3) is 33.4 Å². The van der Waals surface area contributed by atoms with Crippen molar-refractivity contribution in [3.8, 4) is 22.6 Å². The zero-order chi connectivity index (χ0) is 23.0. The minimum atomic E-state index is -4.57. The predicted octanol–water partition coefficient (Wildman–Crippen LogP) is 5.16. The number of aromatic nitrogens is 6. The number of aryl methyl sites for hydroxylation is 3. The Kier molecular flexibility index (Phi) is 5.16. The fourth-order valence-corrected chi connectivity index (χ4v) is 3.96. The average Bonchev–Trinajstić information content (AvgIpc) is 3.44. The van der Waals surface area contributed by atoms with Gasteiger partial charge in [-0.2, -0.15) is 13.2 Å². The molecule has 0 saturated carbocycles. The predicted molar refractivity (Wildman–Crippen MR) is 118 cm³/mol. The largest absolute Gasteiger partial charge is 0.435 e. The van der Waals surface area contributed by atoms with Gasteiger partial charge in [-0.25, -0.2) is 9.67 Å². The van der Waals surface area contributed by atoms with E-state index in [0.717, 1.165) is 11.1 Å². The van der Waals surface area contributed by atoms with E-state index in [1.54, 1.807) is 12.4 Å². The molecule has 5 aromatic rings. The van der Waals surface area contributed by atoms with Crippen LogP contribution in [0, 0.1) is 0 Å². The summed E-state index contributed by atoms with van der Waals surface area (Å²) in [7, 11) is 1.22. The first kappa shape index (κ1) is 20.9. The molecule has 0 aliphatic rings. The van der Waals surface area contributed by atoms with Crippen molar-refractivity contribution in [2.45, 2.75) is 19.1 Å². The van der Waals surface area contributed by atoms with Gasteiger partial charge in [-0.3, -0.25) is 4.98 Å². The molecule has 6 nitrogen and oxygen atoms in total. The standard InChI is InChI=1S/C24H19F3N6/c1-32-23(24(25,26)27)22(30-31-32)18-9-11-28-20(13-18)21-14-33(15-29-21)12-10-17-7-4-6-16-5-2-3-8-19(16)17/h2-9,11,13-15H,10,12H2,1H3. The van der Waals surface area contributed by atoms with Crippen molar-refractivity contribution in [2.75, 3.05) is 0 Å². The van der Waals surface area contributed by atoms with Gasteiger partial charge in [-0.1, -0.05) is 47.7 Å². The SMILES string of the molecule is Cn1nnc(-c2ccnc(-c3cn(CCc4cccc5ccccc45)cn3)c2)c1C(F)(F)F. The lowest BCUT2D eigenvalue weighted by Crippen LogP contribution is -2.13. The van der Waals surface area contributed by atoms with Gasteiger partial charge in [0.15, 0.2) is 5.69 Å². The van der Waals surface area contributed by atoms with Crippen molar-refractivity contribution in [3.05, 3.63) is 84.6 Å². The number of alkyl halides is 3. The quantitative estimate of drug-likeness (QED) is 0.373. The van der Waals surface area contributed by atoms with Crippen LogP contribution in [0.5, 0.6) is 0 Å². The Balaban J connectivity index is 1.39. The summed E-state index contributed by atoms with van der Waals surface area (Å²) < 4.78 is 43.0. The van der Waals surface area contributed by atoms with E-state index >= 15 is 0 Å². The van der Waals surface area contributed by atoms with Gasteiger partial charge in [0.25, 0.3) is 0 Å². The van der Waals surface area contributed by atoms with Gasteiger partial charge in [0, 0.05) is 31.5 Å². The Morgan fingerprint density at radius 3 is 2.61 bits per heavy atom. The highest BCUT2D eigenvalue weighted by Gasteiger charge is 2.39. The van der Waals surface area contributed by atoms with Gasteiger partial charge in [0.05, 0.1) is 12.0 Å². The van der Waals surface area contributed by atoms with E-state index < -0.39 is 11.9 Å². The normalized spacial score (nSPS) is 11.9. The van der Waals surface area contributed by atoms with E-state index in [2.05, 4.69) is 44.5 Å². The molecule has 3 heterocycles. The van der Waals surface area contributed by atoms with Crippen molar-refractivity contribution >= 4 is 10.8 Å². The summed E-state index contributed by atoms with van der Waals surface area (Å²) in [5.74, 6) is 0. The molecule has 0 unspecified atom stereocenters. The molecule has 33 heavy (non-hydrogen) atoms. The van der Waals surface area contributed by atoms with E-state index in [-0.39, 0.29) is 11.3 Å². The summed E-state index contributed by atoms with van der Waals surface area (Å²) in [4.78, 5) is 8.70. The van der Waals surface area contributed by atoms with Crippen LogP contribution in [0.3, 0.4) is 0 Å². The summed E-state index contributed by atoms with van der Waals surface area (Å²) in [5, 5.41) is 9.69. The number of nitrogens with zero attached hydrogens (tertiary/aromatic N) is 6. The number of pyridine rings is 1. The molecule has 9 heteroatoms. The maximum Gasteiger partial charge on any atom is 0.435 e. The van der Waals surface area contributed by atoms with Crippen molar-refractivity contribution in [2.24, 2.45) is 7.05 Å². The molecule has 3 aromatic heterocycles. The second kappa shape index (κ2) is 8.16. The van der Waals surface area contributed by atoms with Crippen LogP contribution in [-0.4, -0.2) is 29.5 Å². The molecule has 0 bridgehead atoms. The van der Waals surface area contributed by atoms with Gasteiger partial charge in [0.1, 0.15) is 11.4 Å². The minimum absolute atomic E-state index is 0.232. The average molecular weight is 448 g/mol. The Morgan fingerprint density at radius 1 is 0.939 bits per heavy atom. The van der Waals surface area contributed by atoms with Crippen molar-refractivity contribution < 1.29 is 13.2 Å². The fourth-order valence-electron chi connectivity index (χ4n) is 3.96. The summed E-state index contributed by atoms with van der Waals surface area (Å²) in [6, 6.07) is 17.5. The topological polar surface area (TPSA) is 61.4 Å². The zero-order valence-corrected chi connectivity index (χ0v) is 17.7. The minimum Gasteiger partial charge on any atom is -0.336 e. The van der Waals surface area contributed by atoms with Crippen molar-refractivity contribution in [1.29, 1.82) is 0 Å². The van der Waals surface area contributed by atoms with Crippen LogP contribution in [0.2, 0.25) is 0 Å². The summed E-state index contributed by atoms with van der Waals surface area (Å²) in [6.07, 6.45) is 1.25. The Bertz CT molecular complexity index is 1430. The number of hydrogen-bond acceptors (Lipinski definition) is 4. The molecule has 0 spiro atoms. The fraction of sp³-hybridized carbons (Fsp3) is 0.167. The maximum absolute atomic E-state index is 13.4. The highest BCUT2D eigenvalue weighted by atomic mass is 19.4. The van der Waals surface area contributed by atoms with Crippen LogP contribution < -0.4 is 0 Å². The molecule has 0 N–H and O–H groups in total. The van der Waals surface area contributed by atoms with Gasteiger partial charge >= 0.3 is 6.18 Å². The Hall–Kier alpha value is -4.01. The molecule has 0 radical (unpaired) electrons. The first-order valence-corrected chi connectivity index (χ1v) is 10.3. The lowest BCUT2D eigenvalue weighted by Gasteiger charge is -2.08. The number of halogens is 3. The van der Waals surface area contributed by atoms with Gasteiger partial charge in [-0.15, -0.1) is 5.10 Å².